The molecule has 0 radical (unpaired) electrons. The van der Waals surface area contributed by atoms with Gasteiger partial charge in [0.25, 0.3) is 0 Å². The van der Waals surface area contributed by atoms with E-state index in [0.717, 1.165) is 42.0 Å². The zero-order chi connectivity index (χ0) is 24.9. The quantitative estimate of drug-likeness (QED) is 0.242. The van der Waals surface area contributed by atoms with Gasteiger partial charge in [0, 0.05) is 32.0 Å². The van der Waals surface area contributed by atoms with Crippen LogP contribution in [0.3, 0.4) is 0 Å². The lowest BCUT2D eigenvalue weighted by Crippen LogP contribution is -2.24. The van der Waals surface area contributed by atoms with Crippen LogP contribution in [-0.2, 0) is 17.9 Å². The number of hydrogen-bond donors (Lipinski definition) is 0. The Morgan fingerprint density at radius 3 is 2.47 bits per heavy atom. The first-order valence-electron chi connectivity index (χ1n) is 13.1. The fourth-order valence-electron chi connectivity index (χ4n) is 5.05. The number of nitrogens with zero attached hydrogens (tertiary/aromatic N) is 3. The number of benzene rings is 3. The number of amides is 1. The molecule has 1 saturated heterocycles. The Morgan fingerprint density at radius 1 is 0.944 bits per heavy atom. The number of hydrogen-bond acceptors (Lipinski definition) is 3. The number of imidazole rings is 1. The number of rotatable bonds is 10. The molecule has 0 saturated carbocycles. The van der Waals surface area contributed by atoms with Crippen LogP contribution in [0.25, 0.3) is 11.0 Å². The van der Waals surface area contributed by atoms with E-state index in [2.05, 4.69) is 73.0 Å². The Bertz CT molecular complexity index is 1290. The third kappa shape index (κ3) is 5.46. The number of aromatic nitrogens is 2. The van der Waals surface area contributed by atoms with Gasteiger partial charge in [-0.2, -0.15) is 0 Å². The van der Waals surface area contributed by atoms with E-state index >= 15 is 0 Å². The summed E-state index contributed by atoms with van der Waals surface area (Å²) in [6.07, 6.45) is 2.47. The molecule has 0 aliphatic carbocycles. The van der Waals surface area contributed by atoms with Crippen LogP contribution in [0.15, 0.2) is 78.9 Å². The highest BCUT2D eigenvalue weighted by Crippen LogP contribution is 2.31. The minimum atomic E-state index is 0.115. The predicted octanol–water partition coefficient (Wildman–Crippen LogP) is 6.54. The van der Waals surface area contributed by atoms with Crippen LogP contribution in [0.5, 0.6) is 5.75 Å². The molecule has 0 spiro atoms. The molecular formula is C31H35N3O2. The molecule has 1 unspecified atom stereocenters. The van der Waals surface area contributed by atoms with Gasteiger partial charge in [0.1, 0.15) is 11.6 Å². The summed E-state index contributed by atoms with van der Waals surface area (Å²) in [5, 5.41) is 0. The van der Waals surface area contributed by atoms with Gasteiger partial charge in [0.05, 0.1) is 17.6 Å². The molecule has 36 heavy (non-hydrogen) atoms. The van der Waals surface area contributed by atoms with Crippen LogP contribution in [0.1, 0.15) is 61.9 Å². The van der Waals surface area contributed by atoms with Gasteiger partial charge in [-0.15, -0.1) is 0 Å². The lowest BCUT2D eigenvalue weighted by molar-refractivity contribution is -0.128. The van der Waals surface area contributed by atoms with Crippen molar-refractivity contribution in [1.82, 2.24) is 14.5 Å². The second kappa shape index (κ2) is 11.0. The highest BCUT2D eigenvalue weighted by atomic mass is 16.5. The van der Waals surface area contributed by atoms with Crippen molar-refractivity contribution in [3.05, 3.63) is 95.8 Å². The van der Waals surface area contributed by atoms with Crippen molar-refractivity contribution in [2.24, 2.45) is 0 Å². The summed E-state index contributed by atoms with van der Waals surface area (Å²) in [6, 6.07) is 26.9. The van der Waals surface area contributed by atoms with Crippen LogP contribution in [0.4, 0.5) is 0 Å². The molecule has 2 heterocycles. The van der Waals surface area contributed by atoms with Crippen molar-refractivity contribution in [1.29, 1.82) is 0 Å². The smallest absolute Gasteiger partial charge is 0.223 e. The summed E-state index contributed by atoms with van der Waals surface area (Å²) in [7, 11) is 0. The number of unbranched alkanes of at least 4 members (excludes halogenated alkanes) is 1. The second-order valence-electron chi connectivity index (χ2n) is 10.1. The SMILES string of the molecule is CC(C)c1ccc(OCCCCn2c(C3CC(=O)N(Cc4ccccc4)C3)nc3ccccc32)cc1. The van der Waals surface area contributed by atoms with E-state index in [4.69, 9.17) is 9.72 Å². The molecule has 4 aromatic rings. The fraction of sp³-hybridized carbons (Fsp3) is 0.355. The van der Waals surface area contributed by atoms with Crippen molar-refractivity contribution in [3.63, 3.8) is 0 Å². The van der Waals surface area contributed by atoms with E-state index in [9.17, 15) is 4.79 Å². The fourth-order valence-corrected chi connectivity index (χ4v) is 5.05. The monoisotopic (exact) mass is 481 g/mol. The van der Waals surface area contributed by atoms with Crippen molar-refractivity contribution < 1.29 is 9.53 Å². The number of carbonyl (C=O) groups excluding carboxylic acids is 1. The zero-order valence-electron chi connectivity index (χ0n) is 21.3. The molecule has 186 valence electrons. The molecule has 1 fully saturated rings. The van der Waals surface area contributed by atoms with Gasteiger partial charge in [-0.1, -0.05) is 68.4 Å². The maximum Gasteiger partial charge on any atom is 0.223 e. The molecular weight excluding hydrogens is 446 g/mol. The maximum absolute atomic E-state index is 12.9. The van der Waals surface area contributed by atoms with E-state index in [1.54, 1.807) is 0 Å². The molecule has 5 rings (SSSR count). The van der Waals surface area contributed by atoms with Gasteiger partial charge < -0.3 is 14.2 Å². The lowest BCUT2D eigenvalue weighted by Gasteiger charge is -2.17. The van der Waals surface area contributed by atoms with E-state index in [1.807, 2.05) is 29.2 Å². The number of carbonyl (C=O) groups is 1. The Morgan fingerprint density at radius 2 is 1.69 bits per heavy atom. The standard InChI is InChI=1S/C31H35N3O2/c1-23(2)25-14-16-27(17-15-25)36-19-9-8-18-34-29-13-7-6-12-28(29)32-31(34)26-20-30(35)33(22-26)21-24-10-4-3-5-11-24/h3-7,10-17,23,26H,8-9,18-22H2,1-2H3. The summed E-state index contributed by atoms with van der Waals surface area (Å²) in [6.45, 7) is 7.33. The molecule has 0 bridgehead atoms. The summed E-state index contributed by atoms with van der Waals surface area (Å²) < 4.78 is 8.32. The van der Waals surface area contributed by atoms with Gasteiger partial charge in [-0.05, 0) is 54.2 Å². The molecule has 1 atom stereocenters. The van der Waals surface area contributed by atoms with Crippen molar-refractivity contribution in [2.45, 2.75) is 58.0 Å². The Kier molecular flexibility index (Phi) is 7.36. The molecule has 1 amide bonds. The molecule has 5 nitrogen and oxygen atoms in total. The van der Waals surface area contributed by atoms with E-state index in [1.165, 1.54) is 11.1 Å². The summed E-state index contributed by atoms with van der Waals surface area (Å²) >= 11 is 0. The first-order chi connectivity index (χ1) is 17.6. The van der Waals surface area contributed by atoms with E-state index in [0.29, 0.717) is 32.0 Å². The average molecular weight is 482 g/mol. The Balaban J connectivity index is 1.22. The number of fused-ring (bicyclic) bond motifs is 1. The molecule has 1 aliphatic heterocycles. The Labute approximate surface area is 213 Å². The second-order valence-corrected chi connectivity index (χ2v) is 10.1. The molecule has 1 aliphatic rings. The third-order valence-electron chi connectivity index (χ3n) is 7.07. The van der Waals surface area contributed by atoms with E-state index < -0.39 is 0 Å². The number of para-hydroxylation sites is 2. The van der Waals surface area contributed by atoms with Crippen molar-refractivity contribution in [2.75, 3.05) is 13.2 Å². The normalized spacial score (nSPS) is 15.8. The first kappa shape index (κ1) is 24.1. The van der Waals surface area contributed by atoms with Crippen LogP contribution in [0.2, 0.25) is 0 Å². The van der Waals surface area contributed by atoms with Gasteiger partial charge >= 0.3 is 0 Å². The molecule has 0 N–H and O–H groups in total. The van der Waals surface area contributed by atoms with Crippen molar-refractivity contribution >= 4 is 16.9 Å². The number of aryl methyl sites for hydroxylation is 1. The predicted molar refractivity (Wildman–Crippen MR) is 144 cm³/mol. The van der Waals surface area contributed by atoms with Crippen LogP contribution in [-0.4, -0.2) is 33.5 Å². The highest BCUT2D eigenvalue weighted by Gasteiger charge is 2.33. The maximum atomic E-state index is 12.9. The molecule has 1 aromatic heterocycles. The van der Waals surface area contributed by atoms with Gasteiger partial charge in [-0.25, -0.2) is 4.98 Å². The topological polar surface area (TPSA) is 47.4 Å². The van der Waals surface area contributed by atoms with Crippen molar-refractivity contribution in [3.8, 4) is 5.75 Å². The minimum Gasteiger partial charge on any atom is -0.494 e. The number of likely N-dealkylation sites (tertiary alicyclic amines) is 1. The largest absolute Gasteiger partial charge is 0.494 e. The minimum absolute atomic E-state index is 0.115. The zero-order valence-corrected chi connectivity index (χ0v) is 21.3. The first-order valence-corrected chi connectivity index (χ1v) is 13.1. The summed E-state index contributed by atoms with van der Waals surface area (Å²) in [4.78, 5) is 19.8. The van der Waals surface area contributed by atoms with Crippen LogP contribution < -0.4 is 4.74 Å². The lowest BCUT2D eigenvalue weighted by atomic mass is 10.0. The van der Waals surface area contributed by atoms with Crippen LogP contribution >= 0.6 is 0 Å². The summed E-state index contributed by atoms with van der Waals surface area (Å²) in [5.41, 5.74) is 4.64. The van der Waals surface area contributed by atoms with Gasteiger partial charge in [-0.3, -0.25) is 4.79 Å². The number of ether oxygens (including phenoxy) is 1. The average Bonchev–Trinajstić information content (AvgIpc) is 3.45. The molecule has 5 heteroatoms. The molecule has 3 aromatic carbocycles. The van der Waals surface area contributed by atoms with Crippen LogP contribution in [0, 0.1) is 0 Å². The van der Waals surface area contributed by atoms with E-state index in [-0.39, 0.29) is 11.8 Å². The highest BCUT2D eigenvalue weighted by molar-refractivity contribution is 5.81. The Hall–Kier alpha value is -3.60. The summed E-state index contributed by atoms with van der Waals surface area (Å²) in [5.74, 6) is 2.81. The van der Waals surface area contributed by atoms with Gasteiger partial charge in [0.2, 0.25) is 5.91 Å². The van der Waals surface area contributed by atoms with Gasteiger partial charge in [0.15, 0.2) is 0 Å². The third-order valence-corrected chi connectivity index (χ3v) is 7.07.